The fourth-order valence-corrected chi connectivity index (χ4v) is 2.47. The number of nitrogens with zero attached hydrogens (tertiary/aromatic N) is 1. The van der Waals surface area contributed by atoms with Gasteiger partial charge in [0.2, 0.25) is 0 Å². The average molecular weight is 270 g/mol. The zero-order valence-corrected chi connectivity index (χ0v) is 11.0. The Labute approximate surface area is 111 Å². The smallest absolute Gasteiger partial charge is 0.258 e. The molecule has 0 saturated carbocycles. The third-order valence-electron chi connectivity index (χ3n) is 3.24. The zero-order chi connectivity index (χ0) is 13.1. The first-order valence-electron chi connectivity index (χ1n) is 5.92. The number of halogens is 1. The lowest BCUT2D eigenvalue weighted by molar-refractivity contribution is 0.0674. The summed E-state index contributed by atoms with van der Waals surface area (Å²) in [5.74, 6) is 0.374. The second-order valence-corrected chi connectivity index (χ2v) is 4.76. The average Bonchev–Trinajstić information content (AvgIpc) is 2.86. The lowest BCUT2D eigenvalue weighted by Gasteiger charge is -2.23. The number of carbonyl (C=O) groups is 1. The summed E-state index contributed by atoms with van der Waals surface area (Å²) in [6, 6.07) is 4.88. The lowest BCUT2D eigenvalue weighted by atomic mass is 10.1. The Hall–Kier alpha value is -1.26. The van der Waals surface area contributed by atoms with E-state index in [1.165, 1.54) is 7.11 Å². The van der Waals surface area contributed by atoms with Crippen molar-refractivity contribution in [3.63, 3.8) is 0 Å². The van der Waals surface area contributed by atoms with Crippen LogP contribution in [0.5, 0.6) is 5.75 Å². The van der Waals surface area contributed by atoms with Crippen LogP contribution in [-0.4, -0.2) is 42.2 Å². The number of aliphatic hydroxyl groups excluding tert-OH is 1. The van der Waals surface area contributed by atoms with Crippen molar-refractivity contribution >= 4 is 17.5 Å². The van der Waals surface area contributed by atoms with E-state index in [9.17, 15) is 9.90 Å². The van der Waals surface area contributed by atoms with Crippen molar-refractivity contribution < 1.29 is 14.6 Å². The summed E-state index contributed by atoms with van der Waals surface area (Å²) in [5, 5.41) is 9.76. The number of likely N-dealkylation sites (tertiary alicyclic amines) is 1. The van der Waals surface area contributed by atoms with Gasteiger partial charge in [0, 0.05) is 11.6 Å². The molecule has 1 aromatic rings. The Morgan fingerprint density at radius 3 is 3.06 bits per heavy atom. The minimum absolute atomic E-state index is 0.00534. The number of methoxy groups -OCH3 is 1. The fourth-order valence-electron chi connectivity index (χ4n) is 2.29. The molecule has 1 N–H and O–H groups in total. The molecule has 0 bridgehead atoms. The topological polar surface area (TPSA) is 49.8 Å². The molecule has 1 saturated heterocycles. The lowest BCUT2D eigenvalue weighted by Crippen LogP contribution is -2.37. The Balaban J connectivity index is 2.30. The van der Waals surface area contributed by atoms with Crippen LogP contribution in [0.2, 0.25) is 5.02 Å². The Morgan fingerprint density at radius 1 is 1.61 bits per heavy atom. The normalized spacial score (nSPS) is 19.1. The van der Waals surface area contributed by atoms with E-state index < -0.39 is 0 Å². The van der Waals surface area contributed by atoms with Crippen molar-refractivity contribution in [3.05, 3.63) is 28.8 Å². The highest BCUT2D eigenvalue weighted by Crippen LogP contribution is 2.27. The molecule has 5 heteroatoms. The number of aliphatic hydroxyl groups is 1. The molecule has 0 aromatic heterocycles. The van der Waals surface area contributed by atoms with E-state index in [2.05, 4.69) is 0 Å². The van der Waals surface area contributed by atoms with Gasteiger partial charge in [0.15, 0.2) is 0 Å². The molecule has 4 nitrogen and oxygen atoms in total. The van der Waals surface area contributed by atoms with Gasteiger partial charge in [-0.05, 0) is 31.0 Å². The maximum Gasteiger partial charge on any atom is 0.258 e. The predicted octanol–water partition coefficient (Wildman–Crippen LogP) is 1.95. The molecular weight excluding hydrogens is 254 g/mol. The summed E-state index contributed by atoms with van der Waals surface area (Å²) in [6.07, 6.45) is 1.75. The van der Waals surface area contributed by atoms with Crippen LogP contribution in [0.1, 0.15) is 23.2 Å². The maximum absolute atomic E-state index is 12.4. The van der Waals surface area contributed by atoms with Crippen LogP contribution in [0.3, 0.4) is 0 Å². The SMILES string of the molecule is COc1ccc(Cl)cc1C(=O)N1CCC[C@H]1CO. The number of carbonyl (C=O) groups excluding carboxylic acids is 1. The summed E-state index contributed by atoms with van der Waals surface area (Å²) in [4.78, 5) is 14.1. The molecule has 2 rings (SSSR count). The zero-order valence-electron chi connectivity index (χ0n) is 10.2. The summed E-state index contributed by atoms with van der Waals surface area (Å²) in [7, 11) is 1.52. The van der Waals surface area contributed by atoms with Crippen molar-refractivity contribution in [2.45, 2.75) is 18.9 Å². The van der Waals surface area contributed by atoms with Gasteiger partial charge in [-0.3, -0.25) is 4.79 Å². The number of amides is 1. The van der Waals surface area contributed by atoms with Gasteiger partial charge in [0.1, 0.15) is 5.75 Å². The van der Waals surface area contributed by atoms with Gasteiger partial charge in [-0.1, -0.05) is 11.6 Å². The molecule has 1 fully saturated rings. The van der Waals surface area contributed by atoms with Gasteiger partial charge in [-0.15, -0.1) is 0 Å². The van der Waals surface area contributed by atoms with Crippen molar-refractivity contribution in [2.75, 3.05) is 20.3 Å². The van der Waals surface area contributed by atoms with E-state index in [0.29, 0.717) is 22.9 Å². The van der Waals surface area contributed by atoms with Crippen LogP contribution < -0.4 is 4.74 Å². The second kappa shape index (κ2) is 5.59. The minimum Gasteiger partial charge on any atom is -0.496 e. The number of rotatable bonds is 3. The highest BCUT2D eigenvalue weighted by atomic mass is 35.5. The van der Waals surface area contributed by atoms with Crippen molar-refractivity contribution in [1.82, 2.24) is 4.90 Å². The summed E-state index contributed by atoms with van der Waals surface area (Å²) in [6.45, 7) is 0.661. The van der Waals surface area contributed by atoms with Crippen molar-refractivity contribution in [3.8, 4) is 5.75 Å². The summed E-state index contributed by atoms with van der Waals surface area (Å²) < 4.78 is 5.18. The van der Waals surface area contributed by atoms with Crippen LogP contribution in [0.25, 0.3) is 0 Å². The highest BCUT2D eigenvalue weighted by molar-refractivity contribution is 6.31. The second-order valence-electron chi connectivity index (χ2n) is 4.32. The Bertz CT molecular complexity index is 450. The molecule has 1 aliphatic rings. The van der Waals surface area contributed by atoms with Gasteiger partial charge >= 0.3 is 0 Å². The number of hydrogen-bond acceptors (Lipinski definition) is 3. The third-order valence-corrected chi connectivity index (χ3v) is 3.48. The summed E-state index contributed by atoms with van der Waals surface area (Å²) >= 11 is 5.92. The molecule has 0 aliphatic carbocycles. The number of benzene rings is 1. The van der Waals surface area contributed by atoms with E-state index >= 15 is 0 Å². The molecule has 1 heterocycles. The monoisotopic (exact) mass is 269 g/mol. The van der Waals surface area contributed by atoms with Crippen LogP contribution in [0, 0.1) is 0 Å². The molecule has 1 aliphatic heterocycles. The Kier molecular flexibility index (Phi) is 4.09. The molecule has 1 amide bonds. The van der Waals surface area contributed by atoms with Crippen LogP contribution in [0.4, 0.5) is 0 Å². The standard InChI is InChI=1S/C13H16ClNO3/c1-18-12-5-4-9(14)7-11(12)13(17)15-6-2-3-10(15)8-16/h4-5,7,10,16H,2-3,6,8H2,1H3/t10-/m0/s1. The molecule has 98 valence electrons. The highest BCUT2D eigenvalue weighted by Gasteiger charge is 2.30. The maximum atomic E-state index is 12.4. The van der Waals surface area contributed by atoms with Gasteiger partial charge in [-0.25, -0.2) is 0 Å². The first-order valence-corrected chi connectivity index (χ1v) is 6.30. The van der Waals surface area contributed by atoms with Crippen molar-refractivity contribution in [1.29, 1.82) is 0 Å². The van der Waals surface area contributed by atoms with Gasteiger partial charge in [-0.2, -0.15) is 0 Å². The molecule has 1 atom stereocenters. The third kappa shape index (κ3) is 2.44. The quantitative estimate of drug-likeness (QED) is 0.912. The first kappa shape index (κ1) is 13.2. The fraction of sp³-hybridized carbons (Fsp3) is 0.462. The molecule has 1 aromatic carbocycles. The van der Waals surface area contributed by atoms with E-state index in [1.807, 2.05) is 0 Å². The molecule has 0 unspecified atom stereocenters. The van der Waals surface area contributed by atoms with Crippen LogP contribution in [0.15, 0.2) is 18.2 Å². The predicted molar refractivity (Wildman–Crippen MR) is 69.1 cm³/mol. The van der Waals surface area contributed by atoms with Crippen LogP contribution in [-0.2, 0) is 0 Å². The molecule has 0 radical (unpaired) electrons. The molecule has 18 heavy (non-hydrogen) atoms. The first-order chi connectivity index (χ1) is 8.67. The Morgan fingerprint density at radius 2 is 2.39 bits per heavy atom. The van der Waals surface area contributed by atoms with Gasteiger partial charge in [0.25, 0.3) is 5.91 Å². The van der Waals surface area contributed by atoms with Gasteiger partial charge < -0.3 is 14.7 Å². The minimum atomic E-state index is -0.133. The van der Waals surface area contributed by atoms with E-state index in [4.69, 9.17) is 16.3 Å². The molecule has 0 spiro atoms. The van der Waals surface area contributed by atoms with Gasteiger partial charge in [0.05, 0.1) is 25.3 Å². The van der Waals surface area contributed by atoms with Crippen molar-refractivity contribution in [2.24, 2.45) is 0 Å². The summed E-state index contributed by atoms with van der Waals surface area (Å²) in [5.41, 5.74) is 0.449. The van der Waals surface area contributed by atoms with E-state index in [1.54, 1.807) is 23.1 Å². The number of hydrogen-bond donors (Lipinski definition) is 1. The largest absolute Gasteiger partial charge is 0.496 e. The molecular formula is C13H16ClNO3. The van der Waals surface area contributed by atoms with E-state index in [-0.39, 0.29) is 18.6 Å². The number of ether oxygens (including phenoxy) is 1. The van der Waals surface area contributed by atoms with E-state index in [0.717, 1.165) is 12.8 Å². The van der Waals surface area contributed by atoms with Crippen LogP contribution >= 0.6 is 11.6 Å².